The Hall–Kier alpha value is -1.26. The van der Waals surface area contributed by atoms with Gasteiger partial charge < -0.3 is 14.0 Å². The summed E-state index contributed by atoms with van der Waals surface area (Å²) in [4.78, 5) is 35.0. The predicted octanol–water partition coefficient (Wildman–Crippen LogP) is 3.92. The highest BCUT2D eigenvalue weighted by molar-refractivity contribution is 14.1. The second-order valence-electron chi connectivity index (χ2n) is 5.74. The molecule has 2 rings (SSSR count). The van der Waals surface area contributed by atoms with Crippen LogP contribution in [0.25, 0.3) is 0 Å². The Morgan fingerprint density at radius 3 is 2.09 bits per heavy atom. The zero-order chi connectivity index (χ0) is 24.4. The summed E-state index contributed by atoms with van der Waals surface area (Å²) in [6.07, 6.45) is 0. The number of alkyl halides is 2. The van der Waals surface area contributed by atoms with Crippen molar-refractivity contribution in [2.75, 3.05) is 6.61 Å². The number of esters is 2. The Morgan fingerprint density at radius 2 is 1.59 bits per heavy atom. The van der Waals surface area contributed by atoms with Crippen LogP contribution in [-0.4, -0.2) is 41.7 Å². The number of halogens is 5. The number of nitro benzene ring substituents is 1. The lowest BCUT2D eigenvalue weighted by Gasteiger charge is -2.19. The first-order chi connectivity index (χ1) is 14.6. The van der Waals surface area contributed by atoms with Crippen LogP contribution in [0, 0.1) is 20.8 Å². The number of carbonyl (C=O) groups is 2. The zero-order valence-corrected chi connectivity index (χ0v) is 22.3. The van der Waals surface area contributed by atoms with Gasteiger partial charge in [0.15, 0.2) is 22.5 Å². The van der Waals surface area contributed by atoms with Crippen molar-refractivity contribution < 1.29 is 45.7 Å². The van der Waals surface area contributed by atoms with E-state index in [0.29, 0.717) is 13.2 Å². The van der Waals surface area contributed by atoms with E-state index in [1.807, 2.05) is 67.8 Å². The summed E-state index contributed by atoms with van der Waals surface area (Å²) >= 11 is 5.82. The van der Waals surface area contributed by atoms with E-state index in [1.165, 1.54) is 0 Å². The minimum Gasteiger partial charge on any atom is -0.743 e. The molecule has 0 saturated carbocycles. The van der Waals surface area contributed by atoms with Crippen LogP contribution >= 0.6 is 67.8 Å². The predicted molar refractivity (Wildman–Crippen MR) is 128 cm³/mol. The smallest absolute Gasteiger partial charge is 0.367 e. The van der Waals surface area contributed by atoms with Crippen molar-refractivity contribution in [3.63, 3.8) is 0 Å². The van der Waals surface area contributed by atoms with E-state index in [0.717, 1.165) is 15.7 Å². The van der Waals surface area contributed by atoms with Gasteiger partial charge in [0.05, 0.1) is 23.2 Å². The average Bonchev–Trinajstić information content (AvgIpc) is 2.67. The van der Waals surface area contributed by atoms with Crippen molar-refractivity contribution in [3.8, 4) is 5.75 Å². The Bertz CT molecular complexity index is 1200. The molecule has 0 radical (unpaired) electrons. The zero-order valence-electron chi connectivity index (χ0n) is 15.0. The van der Waals surface area contributed by atoms with Gasteiger partial charge in [-0.3, -0.25) is 10.1 Å². The van der Waals surface area contributed by atoms with E-state index in [1.54, 1.807) is 12.1 Å². The number of hydrogen-bond donors (Lipinski definition) is 0. The summed E-state index contributed by atoms with van der Waals surface area (Å²) < 4.78 is 69.6. The van der Waals surface area contributed by atoms with Gasteiger partial charge >= 0.3 is 17.2 Å². The van der Waals surface area contributed by atoms with Crippen molar-refractivity contribution >= 4 is 95.5 Å². The lowest BCUT2D eigenvalue weighted by molar-refractivity contribution is -0.384. The maximum Gasteiger partial charge on any atom is 0.367 e. The van der Waals surface area contributed by atoms with E-state index >= 15 is 0 Å². The molecule has 0 N–H and O–H groups in total. The SMILES string of the molecule is O=C(OCC(F)(F)S(=O)(=O)[O-])c1cc([N+](=O)[O-])ccc1C(=O)Oc1c(I)cc(I)cc1I. The molecule has 0 fully saturated rings. The van der Waals surface area contributed by atoms with E-state index < -0.39 is 55.7 Å². The molecule has 0 heterocycles. The monoisotopic (exact) mass is 808 g/mol. The van der Waals surface area contributed by atoms with Crippen molar-refractivity contribution in [1.29, 1.82) is 0 Å². The lowest BCUT2D eigenvalue weighted by atomic mass is 10.1. The number of hydrogen-bond acceptors (Lipinski definition) is 9. The van der Waals surface area contributed by atoms with Gasteiger partial charge in [0.1, 0.15) is 0 Å². The highest BCUT2D eigenvalue weighted by atomic mass is 127. The van der Waals surface area contributed by atoms with E-state index in [4.69, 9.17) is 4.74 Å². The van der Waals surface area contributed by atoms with Crippen LogP contribution in [0.5, 0.6) is 5.75 Å². The molecule has 0 aromatic heterocycles. The molecular formula is C16H7F2I3NO9S-. The second kappa shape index (κ2) is 10.3. The van der Waals surface area contributed by atoms with Crippen molar-refractivity contribution in [1.82, 2.24) is 0 Å². The number of rotatable bonds is 7. The summed E-state index contributed by atoms with van der Waals surface area (Å²) in [7, 11) is -6.14. The fourth-order valence-corrected chi connectivity index (χ4v) is 6.07. The van der Waals surface area contributed by atoms with Gasteiger partial charge in [-0.15, -0.1) is 0 Å². The van der Waals surface area contributed by atoms with E-state index in [2.05, 4.69) is 4.74 Å². The minimum absolute atomic E-state index is 0.123. The van der Waals surface area contributed by atoms with Crippen LogP contribution in [0.3, 0.4) is 0 Å². The van der Waals surface area contributed by atoms with Crippen molar-refractivity contribution in [3.05, 3.63) is 62.3 Å². The molecular weight excluding hydrogens is 801 g/mol. The molecule has 10 nitrogen and oxygen atoms in total. The van der Waals surface area contributed by atoms with Crippen LogP contribution in [0.15, 0.2) is 30.3 Å². The summed E-state index contributed by atoms with van der Waals surface area (Å²) in [6.45, 7) is -2.15. The lowest BCUT2D eigenvalue weighted by Crippen LogP contribution is -2.35. The second-order valence-corrected chi connectivity index (χ2v) is 10.8. The maximum atomic E-state index is 13.3. The average molecular weight is 808 g/mol. The van der Waals surface area contributed by atoms with Gasteiger partial charge in [-0.2, -0.15) is 8.78 Å². The van der Waals surface area contributed by atoms with Crippen LogP contribution in [-0.2, 0) is 14.9 Å². The summed E-state index contributed by atoms with van der Waals surface area (Å²) in [5.74, 6) is -2.73. The van der Waals surface area contributed by atoms with E-state index in [9.17, 15) is 41.5 Å². The molecule has 0 spiro atoms. The molecule has 2 aromatic carbocycles. The van der Waals surface area contributed by atoms with Crippen LogP contribution in [0.4, 0.5) is 14.5 Å². The summed E-state index contributed by atoms with van der Waals surface area (Å²) in [5.41, 5.74) is -2.09. The largest absolute Gasteiger partial charge is 0.743 e. The third kappa shape index (κ3) is 6.41. The van der Waals surface area contributed by atoms with Gasteiger partial charge in [0.25, 0.3) is 5.69 Å². The molecule has 16 heteroatoms. The fraction of sp³-hybridized carbons (Fsp3) is 0.125. The molecule has 2 aromatic rings. The van der Waals surface area contributed by atoms with Gasteiger partial charge in [0.2, 0.25) is 0 Å². The Balaban J connectivity index is 2.43. The molecule has 32 heavy (non-hydrogen) atoms. The van der Waals surface area contributed by atoms with Crippen molar-refractivity contribution in [2.45, 2.75) is 5.25 Å². The normalized spacial score (nSPS) is 11.7. The molecule has 0 saturated heterocycles. The molecule has 0 amide bonds. The molecule has 0 aliphatic rings. The topological polar surface area (TPSA) is 153 Å². The van der Waals surface area contributed by atoms with Gasteiger partial charge in [0, 0.05) is 15.7 Å². The molecule has 0 aliphatic heterocycles. The number of non-ortho nitro benzene ring substituents is 1. The number of nitrogens with zero attached hydrogens (tertiary/aromatic N) is 1. The first-order valence-corrected chi connectivity index (χ1v) is 12.4. The Morgan fingerprint density at radius 1 is 1.03 bits per heavy atom. The summed E-state index contributed by atoms with van der Waals surface area (Å²) in [6, 6.07) is 5.66. The third-order valence-electron chi connectivity index (χ3n) is 3.55. The molecule has 0 unspecified atom stereocenters. The fourth-order valence-electron chi connectivity index (χ4n) is 2.07. The first kappa shape index (κ1) is 27.0. The number of benzene rings is 2. The van der Waals surface area contributed by atoms with Crippen molar-refractivity contribution in [2.24, 2.45) is 0 Å². The Kier molecular flexibility index (Phi) is 8.72. The van der Waals surface area contributed by atoms with Gasteiger partial charge in [-0.05, 0) is 86.0 Å². The highest BCUT2D eigenvalue weighted by Crippen LogP contribution is 2.31. The Labute approximate surface area is 219 Å². The van der Waals surface area contributed by atoms with Gasteiger partial charge in [-0.1, -0.05) is 0 Å². The van der Waals surface area contributed by atoms with E-state index in [-0.39, 0.29) is 5.75 Å². The first-order valence-electron chi connectivity index (χ1n) is 7.79. The third-order valence-corrected chi connectivity index (χ3v) is 6.62. The van der Waals surface area contributed by atoms with Crippen LogP contribution in [0.1, 0.15) is 20.7 Å². The minimum atomic E-state index is -6.14. The number of ether oxygens (including phenoxy) is 2. The molecule has 0 atom stereocenters. The quantitative estimate of drug-likeness (QED) is 0.101. The highest BCUT2D eigenvalue weighted by Gasteiger charge is 2.40. The molecule has 172 valence electrons. The molecule has 0 bridgehead atoms. The maximum absolute atomic E-state index is 13.3. The molecule has 0 aliphatic carbocycles. The van der Waals surface area contributed by atoms with Crippen LogP contribution in [0.2, 0.25) is 0 Å². The van der Waals surface area contributed by atoms with Gasteiger partial charge in [-0.25, -0.2) is 18.0 Å². The summed E-state index contributed by atoms with van der Waals surface area (Å²) in [5, 5.41) is 6.06. The van der Waals surface area contributed by atoms with Crippen LogP contribution < -0.4 is 4.74 Å². The number of carbonyl (C=O) groups excluding carboxylic acids is 2. The standard InChI is InChI=1S/C16H8F2I3NO9S/c17-16(18,32(27,28)29)6-30-14(23)10-5-8(22(25)26)1-2-9(10)15(24)31-13-11(20)3-7(19)4-12(13)21/h1-5H,6H2,(H,27,28,29)/p-1. The number of nitro groups is 1.